The van der Waals surface area contributed by atoms with Crippen LogP contribution in [-0.4, -0.2) is 30.8 Å². The molecule has 1 rings (SSSR count). The van der Waals surface area contributed by atoms with E-state index in [4.69, 9.17) is 4.74 Å². The number of carbonyl (C=O) groups is 1. The minimum absolute atomic E-state index is 0.313. The molecule has 1 heterocycles. The van der Waals surface area contributed by atoms with Crippen molar-refractivity contribution in [3.8, 4) is 0 Å². The first-order chi connectivity index (χ1) is 6.97. The summed E-state index contributed by atoms with van der Waals surface area (Å²) in [6, 6.07) is 0.742. The third-order valence-corrected chi connectivity index (χ3v) is 2.14. The zero-order valence-electron chi connectivity index (χ0n) is 9.93. The SMILES string of the molecule is CC(C)(C)OC(=O)NCCCCC1CN1. The van der Waals surface area contributed by atoms with Gasteiger partial charge in [0.05, 0.1) is 0 Å². The fourth-order valence-corrected chi connectivity index (χ4v) is 1.31. The normalized spacial score (nSPS) is 19.8. The molecule has 88 valence electrons. The Morgan fingerprint density at radius 2 is 2.13 bits per heavy atom. The third-order valence-electron chi connectivity index (χ3n) is 2.14. The van der Waals surface area contributed by atoms with Crippen molar-refractivity contribution >= 4 is 6.09 Å². The molecule has 0 spiro atoms. The second-order valence-corrected chi connectivity index (χ2v) is 5.03. The molecule has 15 heavy (non-hydrogen) atoms. The van der Waals surface area contributed by atoms with Crippen molar-refractivity contribution in [2.45, 2.75) is 51.7 Å². The molecule has 0 aromatic heterocycles. The summed E-state index contributed by atoms with van der Waals surface area (Å²) in [6.07, 6.45) is 3.09. The van der Waals surface area contributed by atoms with E-state index in [0.29, 0.717) is 6.54 Å². The molecule has 0 saturated carbocycles. The lowest BCUT2D eigenvalue weighted by atomic mass is 10.2. The Hall–Kier alpha value is -0.770. The van der Waals surface area contributed by atoms with Crippen LogP contribution >= 0.6 is 0 Å². The molecule has 1 aliphatic heterocycles. The van der Waals surface area contributed by atoms with Gasteiger partial charge in [-0.3, -0.25) is 0 Å². The molecule has 0 aromatic carbocycles. The molecule has 0 radical (unpaired) electrons. The van der Waals surface area contributed by atoms with Crippen LogP contribution in [0.4, 0.5) is 4.79 Å². The molecule has 1 amide bonds. The molecule has 4 heteroatoms. The van der Waals surface area contributed by atoms with Crippen molar-refractivity contribution in [1.82, 2.24) is 10.6 Å². The molecular weight excluding hydrogens is 192 g/mol. The quantitative estimate of drug-likeness (QED) is 0.540. The Kier molecular flexibility index (Phi) is 4.39. The molecule has 1 fully saturated rings. The molecule has 0 aromatic rings. The lowest BCUT2D eigenvalue weighted by molar-refractivity contribution is 0.0527. The summed E-state index contributed by atoms with van der Waals surface area (Å²) in [5.74, 6) is 0. The average molecular weight is 214 g/mol. The van der Waals surface area contributed by atoms with Crippen molar-refractivity contribution in [1.29, 1.82) is 0 Å². The van der Waals surface area contributed by atoms with Gasteiger partial charge in [0.15, 0.2) is 0 Å². The zero-order valence-corrected chi connectivity index (χ0v) is 9.93. The molecular formula is C11H22N2O2. The van der Waals surface area contributed by atoms with Crippen LogP contribution in [0, 0.1) is 0 Å². The predicted molar refractivity (Wildman–Crippen MR) is 59.9 cm³/mol. The van der Waals surface area contributed by atoms with Gasteiger partial charge in [-0.25, -0.2) is 4.79 Å². The number of unbranched alkanes of at least 4 members (excludes halogenated alkanes) is 1. The zero-order chi connectivity index (χ0) is 11.3. The minimum Gasteiger partial charge on any atom is -0.444 e. The Bertz CT molecular complexity index is 207. The van der Waals surface area contributed by atoms with Crippen molar-refractivity contribution in [3.63, 3.8) is 0 Å². The van der Waals surface area contributed by atoms with E-state index in [-0.39, 0.29) is 6.09 Å². The van der Waals surface area contributed by atoms with Gasteiger partial charge in [0.25, 0.3) is 0 Å². The Balaban J connectivity index is 1.91. The Labute approximate surface area is 91.8 Å². The lowest BCUT2D eigenvalue weighted by Gasteiger charge is -2.19. The van der Waals surface area contributed by atoms with Gasteiger partial charge >= 0.3 is 6.09 Å². The first-order valence-electron chi connectivity index (χ1n) is 5.67. The van der Waals surface area contributed by atoms with Crippen LogP contribution in [0.2, 0.25) is 0 Å². The number of alkyl carbamates (subject to hydrolysis) is 1. The molecule has 1 unspecified atom stereocenters. The fourth-order valence-electron chi connectivity index (χ4n) is 1.31. The number of hydrogen-bond acceptors (Lipinski definition) is 3. The molecule has 1 atom stereocenters. The topological polar surface area (TPSA) is 60.3 Å². The lowest BCUT2D eigenvalue weighted by Crippen LogP contribution is -2.33. The van der Waals surface area contributed by atoms with E-state index in [0.717, 1.165) is 18.9 Å². The van der Waals surface area contributed by atoms with E-state index in [9.17, 15) is 4.79 Å². The second-order valence-electron chi connectivity index (χ2n) is 5.03. The highest BCUT2D eigenvalue weighted by molar-refractivity contribution is 5.67. The summed E-state index contributed by atoms with van der Waals surface area (Å²) in [7, 11) is 0. The van der Waals surface area contributed by atoms with Crippen molar-refractivity contribution < 1.29 is 9.53 Å². The molecule has 4 nitrogen and oxygen atoms in total. The summed E-state index contributed by atoms with van der Waals surface area (Å²) in [6.45, 7) is 7.48. The summed E-state index contributed by atoms with van der Waals surface area (Å²) < 4.78 is 5.12. The predicted octanol–water partition coefficient (Wildman–Crippen LogP) is 1.65. The van der Waals surface area contributed by atoms with Gasteiger partial charge in [-0.05, 0) is 33.6 Å². The number of carbonyl (C=O) groups excluding carboxylic acids is 1. The van der Waals surface area contributed by atoms with E-state index in [1.165, 1.54) is 13.0 Å². The van der Waals surface area contributed by atoms with Crippen molar-refractivity contribution in [3.05, 3.63) is 0 Å². The molecule has 1 aliphatic rings. The third kappa shape index (κ3) is 7.19. The van der Waals surface area contributed by atoms with E-state index < -0.39 is 5.60 Å². The molecule has 0 aliphatic carbocycles. The van der Waals surface area contributed by atoms with Crippen LogP contribution < -0.4 is 10.6 Å². The highest BCUT2D eigenvalue weighted by Crippen LogP contribution is 2.08. The van der Waals surface area contributed by atoms with Gasteiger partial charge in [-0.1, -0.05) is 6.42 Å². The van der Waals surface area contributed by atoms with Crippen LogP contribution in [0.1, 0.15) is 40.0 Å². The number of hydrogen-bond donors (Lipinski definition) is 2. The molecule has 0 bridgehead atoms. The first-order valence-corrected chi connectivity index (χ1v) is 5.67. The highest BCUT2D eigenvalue weighted by Gasteiger charge is 2.18. The second kappa shape index (κ2) is 5.35. The van der Waals surface area contributed by atoms with Crippen molar-refractivity contribution in [2.75, 3.05) is 13.1 Å². The first kappa shape index (κ1) is 12.3. The summed E-state index contributed by atoms with van der Waals surface area (Å²) in [5.41, 5.74) is -0.401. The van der Waals surface area contributed by atoms with Gasteiger partial charge in [0, 0.05) is 19.1 Å². The van der Waals surface area contributed by atoms with Gasteiger partial charge in [0.1, 0.15) is 5.60 Å². The van der Waals surface area contributed by atoms with Crippen LogP contribution in [0.15, 0.2) is 0 Å². The molecule has 1 saturated heterocycles. The largest absolute Gasteiger partial charge is 0.444 e. The van der Waals surface area contributed by atoms with E-state index in [2.05, 4.69) is 10.6 Å². The van der Waals surface area contributed by atoms with Gasteiger partial charge < -0.3 is 15.4 Å². The van der Waals surface area contributed by atoms with Gasteiger partial charge in [0.2, 0.25) is 0 Å². The van der Waals surface area contributed by atoms with Crippen molar-refractivity contribution in [2.24, 2.45) is 0 Å². The van der Waals surface area contributed by atoms with Crippen LogP contribution in [0.25, 0.3) is 0 Å². The summed E-state index contributed by atoms with van der Waals surface area (Å²) in [4.78, 5) is 11.2. The van der Waals surface area contributed by atoms with E-state index >= 15 is 0 Å². The smallest absolute Gasteiger partial charge is 0.407 e. The Morgan fingerprint density at radius 1 is 1.47 bits per heavy atom. The monoisotopic (exact) mass is 214 g/mol. The van der Waals surface area contributed by atoms with Gasteiger partial charge in [-0.2, -0.15) is 0 Å². The average Bonchev–Trinajstić information content (AvgIpc) is 2.83. The molecule has 2 N–H and O–H groups in total. The van der Waals surface area contributed by atoms with Crippen LogP contribution in [-0.2, 0) is 4.74 Å². The number of ether oxygens (including phenoxy) is 1. The summed E-state index contributed by atoms with van der Waals surface area (Å²) >= 11 is 0. The van der Waals surface area contributed by atoms with E-state index in [1.807, 2.05) is 20.8 Å². The Morgan fingerprint density at radius 3 is 2.67 bits per heavy atom. The fraction of sp³-hybridized carbons (Fsp3) is 0.909. The minimum atomic E-state index is -0.401. The van der Waals surface area contributed by atoms with E-state index in [1.54, 1.807) is 0 Å². The maximum Gasteiger partial charge on any atom is 0.407 e. The van der Waals surface area contributed by atoms with Gasteiger partial charge in [-0.15, -0.1) is 0 Å². The maximum atomic E-state index is 11.2. The summed E-state index contributed by atoms with van der Waals surface area (Å²) in [5, 5.41) is 6.00. The standard InChI is InChI=1S/C11H22N2O2/c1-11(2,3)15-10(14)12-7-5-4-6-9-8-13-9/h9,13H,4-8H2,1-3H3,(H,12,14). The number of amides is 1. The van der Waals surface area contributed by atoms with Crippen LogP contribution in [0.5, 0.6) is 0 Å². The van der Waals surface area contributed by atoms with Crippen LogP contribution in [0.3, 0.4) is 0 Å². The number of nitrogens with one attached hydrogen (secondary N) is 2. The highest BCUT2D eigenvalue weighted by atomic mass is 16.6. The number of rotatable bonds is 5. The maximum absolute atomic E-state index is 11.2.